The topological polar surface area (TPSA) is 71.7 Å². The summed E-state index contributed by atoms with van der Waals surface area (Å²) in [4.78, 5) is 11.6. The lowest BCUT2D eigenvalue weighted by atomic mass is 10.2. The molecule has 0 aliphatic heterocycles. The Labute approximate surface area is 101 Å². The fourth-order valence-corrected chi connectivity index (χ4v) is 1.49. The lowest BCUT2D eigenvalue weighted by molar-refractivity contribution is -0.155. The Hall–Kier alpha value is -1.65. The van der Waals surface area contributed by atoms with Gasteiger partial charge >= 0.3 is 5.97 Å². The molecule has 96 valence electrons. The number of ether oxygens (including phenoxy) is 1. The van der Waals surface area contributed by atoms with E-state index in [1.165, 1.54) is 0 Å². The number of aromatic hydroxyl groups is 2. The van der Waals surface area contributed by atoms with Crippen molar-refractivity contribution in [3.05, 3.63) is 11.1 Å². The van der Waals surface area contributed by atoms with E-state index in [9.17, 15) is 15.0 Å². The lowest BCUT2D eigenvalue weighted by Gasteiger charge is -2.19. The molecule has 0 atom stereocenters. The Morgan fingerprint density at radius 3 is 1.94 bits per heavy atom. The molecular weight excluding hydrogens is 222 g/mol. The van der Waals surface area contributed by atoms with Gasteiger partial charge in [-0.1, -0.05) is 0 Å². The molecule has 5 heteroatoms. The summed E-state index contributed by atoms with van der Waals surface area (Å²) < 4.78 is 6.26. The van der Waals surface area contributed by atoms with Gasteiger partial charge in [-0.25, -0.2) is 0 Å². The maximum absolute atomic E-state index is 11.6. The van der Waals surface area contributed by atoms with E-state index >= 15 is 0 Å². The second kappa shape index (κ2) is 4.31. The van der Waals surface area contributed by atoms with Gasteiger partial charge in [-0.2, -0.15) is 0 Å². The number of carbonyl (C=O) groups excluding carboxylic acids is 1. The average Bonchev–Trinajstić information content (AvgIpc) is 2.33. The molecule has 0 aliphatic rings. The van der Waals surface area contributed by atoms with E-state index in [0.29, 0.717) is 11.1 Å². The van der Waals surface area contributed by atoms with Gasteiger partial charge in [-0.15, -0.1) is 0 Å². The summed E-state index contributed by atoms with van der Waals surface area (Å²) in [5.41, 5.74) is 0.539. The Bertz CT molecular complexity index is 415. The van der Waals surface area contributed by atoms with Crippen LogP contribution in [-0.2, 0) is 16.1 Å². The van der Waals surface area contributed by atoms with Gasteiger partial charge in [0.15, 0.2) is 11.8 Å². The highest BCUT2D eigenvalue weighted by atomic mass is 16.6. The molecule has 0 aromatic carbocycles. The van der Waals surface area contributed by atoms with Crippen molar-refractivity contribution in [2.24, 2.45) is 0 Å². The number of rotatable bonds is 2. The van der Waals surface area contributed by atoms with Gasteiger partial charge in [0.1, 0.15) is 12.1 Å². The number of esters is 1. The molecule has 1 aromatic heterocycles. The second-order valence-electron chi connectivity index (χ2n) is 5.07. The van der Waals surface area contributed by atoms with Crippen LogP contribution < -0.4 is 0 Å². The van der Waals surface area contributed by atoms with Crippen LogP contribution in [0.2, 0.25) is 0 Å². The number of aromatic nitrogens is 1. The minimum atomic E-state index is -0.584. The second-order valence-corrected chi connectivity index (χ2v) is 5.07. The zero-order valence-electron chi connectivity index (χ0n) is 10.9. The van der Waals surface area contributed by atoms with E-state index in [1.807, 2.05) is 0 Å². The van der Waals surface area contributed by atoms with Crippen LogP contribution >= 0.6 is 0 Å². The molecule has 0 saturated carbocycles. The molecule has 0 bridgehead atoms. The van der Waals surface area contributed by atoms with Gasteiger partial charge in [0, 0.05) is 11.1 Å². The van der Waals surface area contributed by atoms with Crippen molar-refractivity contribution < 1.29 is 19.7 Å². The van der Waals surface area contributed by atoms with E-state index in [4.69, 9.17) is 4.74 Å². The monoisotopic (exact) mass is 241 g/mol. The Morgan fingerprint density at radius 1 is 1.18 bits per heavy atom. The molecule has 0 aliphatic carbocycles. The average molecular weight is 241 g/mol. The minimum absolute atomic E-state index is 0.106. The summed E-state index contributed by atoms with van der Waals surface area (Å²) in [6, 6.07) is 0. The van der Waals surface area contributed by atoms with Crippen molar-refractivity contribution in [3.63, 3.8) is 0 Å². The maximum Gasteiger partial charge on any atom is 0.326 e. The summed E-state index contributed by atoms with van der Waals surface area (Å²) in [7, 11) is 0. The van der Waals surface area contributed by atoms with Crippen LogP contribution in [0.4, 0.5) is 0 Å². The van der Waals surface area contributed by atoms with Crippen molar-refractivity contribution >= 4 is 5.97 Å². The zero-order chi connectivity index (χ0) is 13.4. The first kappa shape index (κ1) is 13.4. The number of nitrogens with zero attached hydrogens (tertiary/aromatic N) is 1. The fraction of sp³-hybridized carbons (Fsp3) is 0.583. The van der Waals surface area contributed by atoms with E-state index in [0.717, 1.165) is 4.57 Å². The van der Waals surface area contributed by atoms with Crippen molar-refractivity contribution in [1.29, 1.82) is 0 Å². The van der Waals surface area contributed by atoms with Crippen LogP contribution in [0.15, 0.2) is 0 Å². The highest BCUT2D eigenvalue weighted by Gasteiger charge is 2.21. The first-order valence-electron chi connectivity index (χ1n) is 5.43. The van der Waals surface area contributed by atoms with Gasteiger partial charge in [-0.3, -0.25) is 9.36 Å². The molecule has 1 aromatic rings. The van der Waals surface area contributed by atoms with Gasteiger partial charge in [0.05, 0.1) is 0 Å². The van der Waals surface area contributed by atoms with Crippen LogP contribution in [0, 0.1) is 13.8 Å². The molecule has 0 radical (unpaired) electrons. The number of hydrogen-bond donors (Lipinski definition) is 2. The fourth-order valence-electron chi connectivity index (χ4n) is 1.49. The van der Waals surface area contributed by atoms with Crippen LogP contribution in [0.25, 0.3) is 0 Å². The first-order valence-corrected chi connectivity index (χ1v) is 5.43. The molecule has 5 nitrogen and oxygen atoms in total. The van der Waals surface area contributed by atoms with Gasteiger partial charge in [-0.05, 0) is 34.6 Å². The SMILES string of the molecule is Cc1c(C)c(O)n(CC(=O)OC(C)(C)C)c1O. The van der Waals surface area contributed by atoms with Crippen molar-refractivity contribution in [2.75, 3.05) is 0 Å². The van der Waals surface area contributed by atoms with Crippen LogP contribution in [0.1, 0.15) is 31.9 Å². The Morgan fingerprint density at radius 2 is 1.59 bits per heavy atom. The van der Waals surface area contributed by atoms with Gasteiger partial charge < -0.3 is 14.9 Å². The quantitative estimate of drug-likeness (QED) is 0.775. The molecule has 0 unspecified atom stereocenters. The van der Waals surface area contributed by atoms with E-state index in [2.05, 4.69) is 0 Å². The summed E-state index contributed by atoms with van der Waals surface area (Å²) in [6.45, 7) is 8.43. The molecule has 0 amide bonds. The predicted molar refractivity (Wildman–Crippen MR) is 63.1 cm³/mol. The van der Waals surface area contributed by atoms with Crippen molar-refractivity contribution in [1.82, 2.24) is 4.57 Å². The smallest absolute Gasteiger partial charge is 0.326 e. The summed E-state index contributed by atoms with van der Waals surface area (Å²) in [6.07, 6.45) is 0. The Kier molecular flexibility index (Phi) is 3.40. The maximum atomic E-state index is 11.6. The third-order valence-corrected chi connectivity index (χ3v) is 2.45. The van der Waals surface area contributed by atoms with Crippen LogP contribution in [0.3, 0.4) is 0 Å². The highest BCUT2D eigenvalue weighted by molar-refractivity contribution is 5.70. The van der Waals surface area contributed by atoms with Gasteiger partial charge in [0.25, 0.3) is 0 Å². The molecular formula is C12H19NO4. The largest absolute Gasteiger partial charge is 0.494 e. The minimum Gasteiger partial charge on any atom is -0.494 e. The lowest BCUT2D eigenvalue weighted by Crippen LogP contribution is -2.26. The zero-order valence-corrected chi connectivity index (χ0v) is 10.9. The predicted octanol–water partition coefficient (Wildman–Crippen LogP) is 1.86. The summed E-state index contributed by atoms with van der Waals surface area (Å²) in [5, 5.41) is 19.5. The summed E-state index contributed by atoms with van der Waals surface area (Å²) in [5.74, 6) is -0.713. The van der Waals surface area contributed by atoms with Crippen LogP contribution in [0.5, 0.6) is 11.8 Å². The Balaban J connectivity index is 2.90. The molecule has 2 N–H and O–H groups in total. The third-order valence-electron chi connectivity index (χ3n) is 2.45. The standard InChI is InChI=1S/C12H19NO4/c1-7-8(2)11(16)13(10(7)15)6-9(14)17-12(3,4)5/h15-16H,6H2,1-5H3. The van der Waals surface area contributed by atoms with Gasteiger partial charge in [0.2, 0.25) is 0 Å². The molecule has 0 saturated heterocycles. The number of carbonyl (C=O) groups is 1. The molecule has 1 heterocycles. The molecule has 17 heavy (non-hydrogen) atoms. The van der Waals surface area contributed by atoms with Crippen molar-refractivity contribution in [3.8, 4) is 11.8 Å². The highest BCUT2D eigenvalue weighted by Crippen LogP contribution is 2.32. The summed E-state index contributed by atoms with van der Waals surface area (Å²) >= 11 is 0. The first-order chi connectivity index (χ1) is 7.63. The number of hydrogen-bond acceptors (Lipinski definition) is 4. The normalized spacial score (nSPS) is 11.6. The molecule has 0 spiro atoms. The van der Waals surface area contributed by atoms with Crippen LogP contribution in [-0.4, -0.2) is 26.4 Å². The molecule has 1 rings (SSSR count). The van der Waals surface area contributed by atoms with E-state index in [1.54, 1.807) is 34.6 Å². The molecule has 0 fully saturated rings. The van der Waals surface area contributed by atoms with E-state index < -0.39 is 11.6 Å². The third kappa shape index (κ3) is 2.93. The van der Waals surface area contributed by atoms with E-state index in [-0.39, 0.29) is 18.3 Å². The van der Waals surface area contributed by atoms with Crippen molar-refractivity contribution in [2.45, 2.75) is 46.8 Å².